The fourth-order valence-corrected chi connectivity index (χ4v) is 6.12. The lowest BCUT2D eigenvalue weighted by Crippen LogP contribution is -2.42. The molecule has 0 aliphatic rings. The van der Waals surface area contributed by atoms with Crippen molar-refractivity contribution in [1.82, 2.24) is 20.1 Å². The van der Waals surface area contributed by atoms with Gasteiger partial charge in [0.15, 0.2) is 0 Å². The molecular weight excluding hydrogens is 612 g/mol. The third kappa shape index (κ3) is 7.76. The van der Waals surface area contributed by atoms with Crippen molar-refractivity contribution < 1.29 is 19.5 Å². The molecule has 2 atom stereocenters. The first-order valence-corrected chi connectivity index (χ1v) is 16.7. The summed E-state index contributed by atoms with van der Waals surface area (Å²) in [5.41, 5.74) is 9.49. The van der Waals surface area contributed by atoms with Gasteiger partial charge in [-0.2, -0.15) is 0 Å². The van der Waals surface area contributed by atoms with E-state index in [1.165, 1.54) is 10.5 Å². The number of carbonyl (C=O) groups is 3. The number of benzene rings is 4. The van der Waals surface area contributed by atoms with Gasteiger partial charge in [0.05, 0.1) is 12.6 Å². The van der Waals surface area contributed by atoms with Crippen LogP contribution in [0.25, 0.3) is 22.0 Å². The average molecular weight is 659 g/mol. The molecule has 0 spiro atoms. The van der Waals surface area contributed by atoms with Gasteiger partial charge in [-0.25, -0.2) is 0 Å². The van der Waals surface area contributed by atoms with Crippen molar-refractivity contribution in [2.24, 2.45) is 0 Å². The molecule has 0 aliphatic heterocycles. The van der Waals surface area contributed by atoms with Crippen molar-refractivity contribution in [1.29, 1.82) is 0 Å². The van der Waals surface area contributed by atoms with Crippen LogP contribution in [0.15, 0.2) is 91.0 Å². The molecule has 8 nitrogen and oxygen atoms in total. The number of nitrogens with one attached hydrogen (secondary N) is 2. The molecule has 0 saturated carbocycles. The van der Waals surface area contributed by atoms with Gasteiger partial charge in [0.2, 0.25) is 0 Å². The van der Waals surface area contributed by atoms with E-state index in [0.717, 1.165) is 44.4 Å². The lowest BCUT2D eigenvalue weighted by Gasteiger charge is -2.17. The average Bonchev–Trinajstić information content (AvgIpc) is 3.34. The predicted molar refractivity (Wildman–Crippen MR) is 196 cm³/mol. The number of likely N-dealkylation sites (N-methyl/N-ethyl adjacent to an activating group) is 1. The molecule has 0 fully saturated rings. The van der Waals surface area contributed by atoms with Gasteiger partial charge in [0, 0.05) is 48.4 Å². The second-order valence-electron chi connectivity index (χ2n) is 13.2. The fraction of sp³-hybridized carbons (Fsp3) is 0.293. The molecule has 49 heavy (non-hydrogen) atoms. The minimum Gasteiger partial charge on any atom is -0.381 e. The van der Waals surface area contributed by atoms with Gasteiger partial charge in [0.25, 0.3) is 17.7 Å². The van der Waals surface area contributed by atoms with Crippen LogP contribution >= 0.6 is 0 Å². The summed E-state index contributed by atoms with van der Waals surface area (Å²) in [5, 5.41) is 17.0. The summed E-state index contributed by atoms with van der Waals surface area (Å²) in [6.45, 7) is 11.0. The summed E-state index contributed by atoms with van der Waals surface area (Å²) >= 11 is 0. The van der Waals surface area contributed by atoms with Crippen LogP contribution in [0.3, 0.4) is 0 Å². The van der Waals surface area contributed by atoms with Crippen molar-refractivity contribution in [3.63, 3.8) is 0 Å². The number of nitrogens with zero attached hydrogens (tertiary/aromatic N) is 2. The molecule has 4 aromatic carbocycles. The van der Waals surface area contributed by atoms with Gasteiger partial charge in [-0.3, -0.25) is 14.4 Å². The summed E-state index contributed by atoms with van der Waals surface area (Å²) in [6, 6.07) is 29.6. The van der Waals surface area contributed by atoms with Gasteiger partial charge in [-0.1, -0.05) is 80.6 Å². The second kappa shape index (κ2) is 14.9. The van der Waals surface area contributed by atoms with E-state index in [1.54, 1.807) is 26.2 Å². The topological polar surface area (TPSA) is 104 Å². The van der Waals surface area contributed by atoms with Crippen LogP contribution in [-0.2, 0) is 11.3 Å². The van der Waals surface area contributed by atoms with E-state index in [0.29, 0.717) is 23.6 Å². The minimum atomic E-state index is -1.31. The number of aryl methyl sites for hydroxylation is 1. The van der Waals surface area contributed by atoms with E-state index in [2.05, 4.69) is 73.2 Å². The van der Waals surface area contributed by atoms with Crippen LogP contribution in [0.4, 0.5) is 0 Å². The smallest absolute Gasteiger partial charge is 0.252 e. The fourth-order valence-electron chi connectivity index (χ4n) is 6.12. The van der Waals surface area contributed by atoms with Crippen LogP contribution in [0.5, 0.6) is 0 Å². The highest BCUT2D eigenvalue weighted by atomic mass is 16.3. The highest BCUT2D eigenvalue weighted by Gasteiger charge is 2.20. The van der Waals surface area contributed by atoms with Gasteiger partial charge in [-0.05, 0) is 84.3 Å². The molecule has 0 saturated heterocycles. The lowest BCUT2D eigenvalue weighted by molar-refractivity contribution is -0.137. The maximum atomic E-state index is 13.3. The molecule has 8 heteroatoms. The quantitative estimate of drug-likeness (QED) is 0.146. The SMILES string of the molecule is Cc1c(C)n(Cc2ccc(-c3ccccc3C(=O)NCC(O)C(=O)N(C)C)cc2)c2ccc(C(=O)N[C@@H](C)c3cccc(C(C)C)c3)cc12. The van der Waals surface area contributed by atoms with Crippen molar-refractivity contribution >= 4 is 28.6 Å². The standard InChI is InChI=1S/C41H46N4O4/c1-25(2)31-11-10-12-32(21-31)27(4)43-39(47)33-19-20-37-36(22-33)26(3)28(5)45(37)24-29-15-17-30(18-16-29)34-13-8-9-14-35(34)40(48)42-23-38(46)41(49)44(6)7/h8-22,25,27,38,46H,23-24H2,1-7H3,(H,42,48)(H,43,47)/t27-,38?/m0/s1. The monoisotopic (exact) mass is 658 g/mol. The molecular formula is C41H46N4O4. The minimum absolute atomic E-state index is 0.100. The summed E-state index contributed by atoms with van der Waals surface area (Å²) in [5.74, 6) is -0.512. The Bertz CT molecular complexity index is 1990. The van der Waals surface area contributed by atoms with Gasteiger partial charge in [-0.15, -0.1) is 0 Å². The number of aliphatic hydroxyl groups is 1. The Morgan fingerprint density at radius 3 is 2.20 bits per heavy atom. The summed E-state index contributed by atoms with van der Waals surface area (Å²) in [7, 11) is 3.11. The van der Waals surface area contributed by atoms with E-state index < -0.39 is 12.0 Å². The third-order valence-corrected chi connectivity index (χ3v) is 9.29. The number of amides is 3. The number of carbonyl (C=O) groups excluding carboxylic acids is 3. The normalized spacial score (nSPS) is 12.5. The van der Waals surface area contributed by atoms with E-state index in [-0.39, 0.29) is 24.4 Å². The van der Waals surface area contributed by atoms with E-state index in [4.69, 9.17) is 0 Å². The summed E-state index contributed by atoms with van der Waals surface area (Å²) in [4.78, 5) is 39.7. The Morgan fingerprint density at radius 2 is 1.51 bits per heavy atom. The van der Waals surface area contributed by atoms with Gasteiger partial charge in [0.1, 0.15) is 6.10 Å². The number of aliphatic hydroxyl groups excluding tert-OH is 1. The van der Waals surface area contributed by atoms with Crippen molar-refractivity contribution in [3.05, 3.63) is 130 Å². The Hall–Kier alpha value is -5.21. The molecule has 1 unspecified atom stereocenters. The Morgan fingerprint density at radius 1 is 0.816 bits per heavy atom. The highest BCUT2D eigenvalue weighted by Crippen LogP contribution is 2.29. The lowest BCUT2D eigenvalue weighted by atomic mass is 9.98. The van der Waals surface area contributed by atoms with Crippen LogP contribution in [0.1, 0.15) is 81.4 Å². The van der Waals surface area contributed by atoms with Crippen molar-refractivity contribution in [2.75, 3.05) is 20.6 Å². The van der Waals surface area contributed by atoms with Crippen LogP contribution in [0.2, 0.25) is 0 Å². The van der Waals surface area contributed by atoms with Crippen molar-refractivity contribution in [3.8, 4) is 11.1 Å². The van der Waals surface area contributed by atoms with E-state index in [1.807, 2.05) is 55.5 Å². The molecule has 3 amide bonds. The van der Waals surface area contributed by atoms with E-state index in [9.17, 15) is 19.5 Å². The summed E-state index contributed by atoms with van der Waals surface area (Å²) < 4.78 is 2.27. The second-order valence-corrected chi connectivity index (χ2v) is 13.2. The molecule has 3 N–H and O–H groups in total. The number of hydrogen-bond acceptors (Lipinski definition) is 4. The first-order valence-electron chi connectivity index (χ1n) is 16.7. The maximum absolute atomic E-state index is 13.3. The Balaban J connectivity index is 1.31. The predicted octanol–water partition coefficient (Wildman–Crippen LogP) is 6.77. The zero-order chi connectivity index (χ0) is 35.4. The van der Waals surface area contributed by atoms with E-state index >= 15 is 0 Å². The summed E-state index contributed by atoms with van der Waals surface area (Å²) in [6.07, 6.45) is -1.31. The Labute approximate surface area is 288 Å². The zero-order valence-electron chi connectivity index (χ0n) is 29.4. The van der Waals surface area contributed by atoms with Crippen LogP contribution in [0, 0.1) is 13.8 Å². The molecule has 5 rings (SSSR count). The Kier molecular flexibility index (Phi) is 10.7. The molecule has 0 radical (unpaired) electrons. The molecule has 1 heterocycles. The molecule has 5 aromatic rings. The van der Waals surface area contributed by atoms with Crippen molar-refractivity contribution in [2.45, 2.75) is 59.2 Å². The molecule has 0 bridgehead atoms. The van der Waals surface area contributed by atoms with Crippen LogP contribution < -0.4 is 10.6 Å². The zero-order valence-corrected chi connectivity index (χ0v) is 29.4. The first kappa shape index (κ1) is 35.1. The van der Waals surface area contributed by atoms with Gasteiger partial charge < -0.3 is 25.2 Å². The molecule has 254 valence electrons. The first-order chi connectivity index (χ1) is 23.3. The maximum Gasteiger partial charge on any atom is 0.252 e. The highest BCUT2D eigenvalue weighted by molar-refractivity contribution is 6.01. The molecule has 0 aliphatic carbocycles. The number of rotatable bonds is 11. The largest absolute Gasteiger partial charge is 0.381 e. The number of aromatic nitrogens is 1. The number of fused-ring (bicyclic) bond motifs is 1. The number of hydrogen-bond donors (Lipinski definition) is 3. The van der Waals surface area contributed by atoms with Gasteiger partial charge >= 0.3 is 0 Å². The molecule has 1 aromatic heterocycles. The third-order valence-electron chi connectivity index (χ3n) is 9.29. The van der Waals surface area contributed by atoms with Crippen LogP contribution in [-0.4, -0.2) is 59.0 Å².